The second-order valence-corrected chi connectivity index (χ2v) is 7.25. The third kappa shape index (κ3) is 4.93. The van der Waals surface area contributed by atoms with E-state index in [0.29, 0.717) is 16.9 Å². The highest BCUT2D eigenvalue weighted by atomic mass is 19.4. The molecule has 32 heavy (non-hydrogen) atoms. The van der Waals surface area contributed by atoms with Crippen molar-refractivity contribution in [2.75, 3.05) is 7.11 Å². The zero-order chi connectivity index (χ0) is 22.7. The molecule has 4 rings (SSSR count). The molecule has 0 N–H and O–H groups in total. The van der Waals surface area contributed by atoms with E-state index in [0.717, 1.165) is 16.8 Å². The smallest absolute Gasteiger partial charge is 0.389 e. The average Bonchev–Trinajstić information content (AvgIpc) is 3.21. The summed E-state index contributed by atoms with van der Waals surface area (Å²) in [5.74, 6) is -0.442. The highest BCUT2D eigenvalue weighted by Crippen LogP contribution is 2.26. The van der Waals surface area contributed by atoms with E-state index < -0.39 is 24.8 Å². The predicted octanol–water partition coefficient (Wildman–Crippen LogP) is 4.92. The van der Waals surface area contributed by atoms with Crippen LogP contribution < -0.4 is 4.74 Å². The molecule has 0 fully saturated rings. The molecular formula is C23H19F3N4O2. The first-order valence-corrected chi connectivity index (χ1v) is 9.85. The van der Waals surface area contributed by atoms with Gasteiger partial charge in [-0.1, -0.05) is 18.2 Å². The van der Waals surface area contributed by atoms with Crippen molar-refractivity contribution in [1.82, 2.24) is 19.4 Å². The lowest BCUT2D eigenvalue weighted by atomic mass is 10.0. The molecule has 3 aromatic heterocycles. The lowest BCUT2D eigenvalue weighted by molar-refractivity contribution is -0.143. The van der Waals surface area contributed by atoms with Gasteiger partial charge < -0.3 is 4.74 Å². The Morgan fingerprint density at radius 3 is 2.72 bits per heavy atom. The molecule has 0 unspecified atom stereocenters. The maximum absolute atomic E-state index is 12.4. The molecule has 0 amide bonds. The number of alkyl halides is 3. The van der Waals surface area contributed by atoms with Gasteiger partial charge in [-0.05, 0) is 29.8 Å². The van der Waals surface area contributed by atoms with Gasteiger partial charge in [0.1, 0.15) is 11.4 Å². The van der Waals surface area contributed by atoms with Crippen LogP contribution in [0.1, 0.15) is 18.4 Å². The van der Waals surface area contributed by atoms with Crippen molar-refractivity contribution in [3.8, 4) is 28.5 Å². The van der Waals surface area contributed by atoms with E-state index in [1.54, 1.807) is 36.7 Å². The fourth-order valence-corrected chi connectivity index (χ4v) is 3.39. The summed E-state index contributed by atoms with van der Waals surface area (Å²) in [6.45, 7) is 0. The minimum absolute atomic E-state index is 0.0413. The average molecular weight is 440 g/mol. The van der Waals surface area contributed by atoms with Crippen molar-refractivity contribution in [3.05, 3.63) is 66.6 Å². The van der Waals surface area contributed by atoms with Crippen LogP contribution in [0.2, 0.25) is 0 Å². The molecule has 0 bridgehead atoms. The Bertz CT molecular complexity index is 1270. The maximum Gasteiger partial charge on any atom is 0.389 e. The van der Waals surface area contributed by atoms with E-state index in [9.17, 15) is 18.0 Å². The number of carbonyl (C=O) groups excluding carboxylic acids is 1. The number of fused-ring (bicyclic) bond motifs is 1. The molecule has 0 aliphatic rings. The molecule has 0 atom stereocenters. The lowest BCUT2D eigenvalue weighted by Crippen LogP contribution is -2.12. The summed E-state index contributed by atoms with van der Waals surface area (Å²) in [5.41, 5.74) is 4.52. The Morgan fingerprint density at radius 1 is 1.09 bits per heavy atom. The number of methoxy groups -OCH3 is 1. The fraction of sp³-hybridized carbons (Fsp3) is 0.217. The van der Waals surface area contributed by atoms with E-state index >= 15 is 0 Å². The number of hydrogen-bond acceptors (Lipinski definition) is 5. The second-order valence-electron chi connectivity index (χ2n) is 7.25. The molecule has 0 aliphatic heterocycles. The number of rotatable bonds is 7. The molecule has 164 valence electrons. The van der Waals surface area contributed by atoms with E-state index in [2.05, 4.69) is 15.0 Å². The molecule has 0 saturated heterocycles. The van der Waals surface area contributed by atoms with Crippen molar-refractivity contribution in [3.63, 3.8) is 0 Å². The molecule has 4 aromatic rings. The molecule has 0 saturated carbocycles. The van der Waals surface area contributed by atoms with Gasteiger partial charge in [-0.2, -0.15) is 18.2 Å². The Kier molecular flexibility index (Phi) is 5.89. The molecule has 6 nitrogen and oxygen atoms in total. The van der Waals surface area contributed by atoms with Crippen LogP contribution in [0.3, 0.4) is 0 Å². The van der Waals surface area contributed by atoms with Crippen molar-refractivity contribution >= 4 is 11.4 Å². The van der Waals surface area contributed by atoms with Crippen molar-refractivity contribution in [2.24, 2.45) is 0 Å². The quantitative estimate of drug-likeness (QED) is 0.408. The largest absolute Gasteiger partial charge is 0.467 e. The normalized spacial score (nSPS) is 11.6. The monoisotopic (exact) mass is 440 g/mol. The number of ketones is 1. The summed E-state index contributed by atoms with van der Waals surface area (Å²) >= 11 is 0. The van der Waals surface area contributed by atoms with Crippen LogP contribution in [-0.2, 0) is 11.2 Å². The van der Waals surface area contributed by atoms with Crippen molar-refractivity contribution < 1.29 is 22.7 Å². The van der Waals surface area contributed by atoms with Gasteiger partial charge in [0, 0.05) is 36.4 Å². The molecular weight excluding hydrogens is 421 g/mol. The first-order valence-electron chi connectivity index (χ1n) is 9.85. The van der Waals surface area contributed by atoms with Crippen LogP contribution in [-0.4, -0.2) is 38.4 Å². The third-order valence-electron chi connectivity index (χ3n) is 4.94. The maximum atomic E-state index is 12.4. The minimum Gasteiger partial charge on any atom is -0.467 e. The first kappa shape index (κ1) is 21.5. The number of ether oxygens (including phenoxy) is 1. The van der Waals surface area contributed by atoms with Crippen LogP contribution in [0.15, 0.2) is 61.1 Å². The summed E-state index contributed by atoms with van der Waals surface area (Å²) in [5, 5.41) is 0. The van der Waals surface area contributed by atoms with Gasteiger partial charge in [0.15, 0.2) is 0 Å². The van der Waals surface area contributed by atoms with Crippen molar-refractivity contribution in [2.45, 2.75) is 25.4 Å². The van der Waals surface area contributed by atoms with Crippen LogP contribution in [0.25, 0.3) is 28.2 Å². The Hall–Kier alpha value is -3.75. The zero-order valence-electron chi connectivity index (χ0n) is 17.1. The van der Waals surface area contributed by atoms with E-state index in [1.165, 1.54) is 7.11 Å². The predicted molar refractivity (Wildman–Crippen MR) is 112 cm³/mol. The highest BCUT2D eigenvalue weighted by molar-refractivity contribution is 5.81. The second kappa shape index (κ2) is 8.78. The topological polar surface area (TPSA) is 69.4 Å². The number of nitrogens with zero attached hydrogens (tertiary/aromatic N) is 4. The molecule has 9 heteroatoms. The number of pyridine rings is 1. The summed E-state index contributed by atoms with van der Waals surface area (Å²) in [7, 11) is 1.50. The number of hydrogen-bond donors (Lipinski definition) is 0. The molecule has 0 aliphatic carbocycles. The Morgan fingerprint density at radius 2 is 1.94 bits per heavy atom. The summed E-state index contributed by atoms with van der Waals surface area (Å²) in [4.78, 5) is 24.8. The zero-order valence-corrected chi connectivity index (χ0v) is 17.1. The van der Waals surface area contributed by atoms with E-state index in [-0.39, 0.29) is 12.4 Å². The molecule has 0 radical (unpaired) electrons. The van der Waals surface area contributed by atoms with Gasteiger partial charge in [-0.15, -0.1) is 0 Å². The van der Waals surface area contributed by atoms with Gasteiger partial charge in [0.25, 0.3) is 0 Å². The molecule has 3 heterocycles. The van der Waals surface area contributed by atoms with Crippen LogP contribution in [0, 0.1) is 0 Å². The highest BCUT2D eigenvalue weighted by Gasteiger charge is 2.27. The summed E-state index contributed by atoms with van der Waals surface area (Å²) in [6, 6.07) is 13.0. The number of benzene rings is 1. The SMILES string of the molecule is COc1nccc(-c2ccn3c(-c4cccc(CC(=O)CCC(F)(F)F)c4)cnc3c2)n1. The Labute approximate surface area is 181 Å². The van der Waals surface area contributed by atoms with Gasteiger partial charge >= 0.3 is 12.2 Å². The Balaban J connectivity index is 1.57. The lowest BCUT2D eigenvalue weighted by Gasteiger charge is -2.08. The molecule has 0 spiro atoms. The standard InChI is InChI=1S/C23H19F3N4O2/c1-32-22-27-9-6-19(29-22)16-7-10-30-20(14-28-21(30)13-16)17-4-2-3-15(11-17)12-18(31)5-8-23(24,25)26/h2-4,6-7,9-11,13-14H,5,8,12H2,1H3. The van der Waals surface area contributed by atoms with E-state index in [4.69, 9.17) is 4.74 Å². The fourth-order valence-electron chi connectivity index (χ4n) is 3.39. The van der Waals surface area contributed by atoms with Crippen LogP contribution >= 0.6 is 0 Å². The van der Waals surface area contributed by atoms with Crippen molar-refractivity contribution in [1.29, 1.82) is 0 Å². The van der Waals surface area contributed by atoms with Gasteiger partial charge in [0.2, 0.25) is 0 Å². The number of halogens is 3. The number of Topliss-reactive ketones (excluding diaryl/α,β-unsaturated/α-hetero) is 1. The van der Waals surface area contributed by atoms with Gasteiger partial charge in [0.05, 0.1) is 31.1 Å². The summed E-state index contributed by atoms with van der Waals surface area (Å²) < 4.78 is 44.0. The van der Waals surface area contributed by atoms with Gasteiger partial charge in [-0.3, -0.25) is 9.20 Å². The van der Waals surface area contributed by atoms with Crippen LogP contribution in [0.5, 0.6) is 6.01 Å². The summed E-state index contributed by atoms with van der Waals surface area (Å²) in [6.07, 6.45) is -0.791. The van der Waals surface area contributed by atoms with Crippen LogP contribution in [0.4, 0.5) is 13.2 Å². The number of aromatic nitrogens is 4. The number of carbonyl (C=O) groups is 1. The number of imidazole rings is 1. The first-order chi connectivity index (χ1) is 15.3. The molecule has 1 aromatic carbocycles. The third-order valence-corrected chi connectivity index (χ3v) is 4.94. The van der Waals surface area contributed by atoms with Gasteiger partial charge in [-0.25, -0.2) is 9.97 Å². The van der Waals surface area contributed by atoms with E-state index in [1.807, 2.05) is 28.8 Å². The minimum atomic E-state index is -4.33.